The van der Waals surface area contributed by atoms with Crippen LogP contribution in [0.5, 0.6) is 5.75 Å². The van der Waals surface area contributed by atoms with E-state index in [0.29, 0.717) is 0 Å². The Morgan fingerprint density at radius 2 is 2.35 bits per heavy atom. The second-order valence-electron chi connectivity index (χ2n) is 3.84. The molecule has 0 amide bonds. The summed E-state index contributed by atoms with van der Waals surface area (Å²) in [5.74, 6) is 0.929. The molecule has 90 valence electrons. The smallest absolute Gasteiger partial charge is 0.119 e. The molecule has 0 aliphatic heterocycles. The number of anilines is 1. The van der Waals surface area contributed by atoms with Gasteiger partial charge in [-0.25, -0.2) is 0 Å². The van der Waals surface area contributed by atoms with Gasteiger partial charge in [0.05, 0.1) is 18.5 Å². The van der Waals surface area contributed by atoms with E-state index in [0.717, 1.165) is 31.0 Å². The molecule has 0 bridgehead atoms. The lowest BCUT2D eigenvalue weighted by Crippen LogP contribution is -2.00. The standard InChI is InChI=1S/C13H17N3O/c1-2-6-17-13-5-3-4-11(7-13)8-14-12-9-15-16-10-12/h3-5,7,9-10,14H,2,6,8H2,1H3,(H,15,16). The molecule has 2 rings (SSSR count). The highest BCUT2D eigenvalue weighted by atomic mass is 16.5. The SMILES string of the molecule is CCCOc1cccc(CNc2cn[nH]c2)c1. The van der Waals surface area contributed by atoms with Crippen LogP contribution in [0, 0.1) is 0 Å². The molecule has 0 unspecified atom stereocenters. The first-order valence-electron chi connectivity index (χ1n) is 5.83. The Bertz CT molecular complexity index is 440. The van der Waals surface area contributed by atoms with Crippen molar-refractivity contribution in [2.45, 2.75) is 19.9 Å². The molecule has 0 aliphatic carbocycles. The van der Waals surface area contributed by atoms with Crippen molar-refractivity contribution < 1.29 is 4.74 Å². The number of aromatic amines is 1. The quantitative estimate of drug-likeness (QED) is 0.803. The van der Waals surface area contributed by atoms with Gasteiger partial charge >= 0.3 is 0 Å². The summed E-state index contributed by atoms with van der Waals surface area (Å²) in [6.07, 6.45) is 4.62. The number of ether oxygens (including phenoxy) is 1. The maximum Gasteiger partial charge on any atom is 0.119 e. The van der Waals surface area contributed by atoms with Crippen LogP contribution in [0.3, 0.4) is 0 Å². The summed E-state index contributed by atoms with van der Waals surface area (Å²) < 4.78 is 5.59. The van der Waals surface area contributed by atoms with Crippen molar-refractivity contribution in [1.82, 2.24) is 10.2 Å². The second-order valence-corrected chi connectivity index (χ2v) is 3.84. The van der Waals surface area contributed by atoms with Crippen LogP contribution in [-0.4, -0.2) is 16.8 Å². The molecule has 2 aromatic rings. The minimum Gasteiger partial charge on any atom is -0.494 e. The van der Waals surface area contributed by atoms with E-state index in [-0.39, 0.29) is 0 Å². The molecule has 0 spiro atoms. The van der Waals surface area contributed by atoms with Gasteiger partial charge in [-0.2, -0.15) is 5.10 Å². The molecule has 1 heterocycles. The normalized spacial score (nSPS) is 10.2. The Morgan fingerprint density at radius 3 is 3.12 bits per heavy atom. The fraction of sp³-hybridized carbons (Fsp3) is 0.308. The van der Waals surface area contributed by atoms with E-state index in [9.17, 15) is 0 Å². The van der Waals surface area contributed by atoms with Crippen molar-refractivity contribution >= 4 is 5.69 Å². The van der Waals surface area contributed by atoms with E-state index in [2.05, 4.69) is 34.6 Å². The van der Waals surface area contributed by atoms with E-state index in [4.69, 9.17) is 4.74 Å². The van der Waals surface area contributed by atoms with E-state index in [1.165, 1.54) is 5.56 Å². The highest BCUT2D eigenvalue weighted by Crippen LogP contribution is 2.14. The van der Waals surface area contributed by atoms with E-state index in [1.807, 2.05) is 18.3 Å². The van der Waals surface area contributed by atoms with Gasteiger partial charge in [-0.15, -0.1) is 0 Å². The zero-order chi connectivity index (χ0) is 11.9. The van der Waals surface area contributed by atoms with Gasteiger partial charge < -0.3 is 10.1 Å². The summed E-state index contributed by atoms with van der Waals surface area (Å²) >= 11 is 0. The van der Waals surface area contributed by atoms with Gasteiger partial charge in [0.25, 0.3) is 0 Å². The minimum absolute atomic E-state index is 0.763. The number of H-pyrrole nitrogens is 1. The van der Waals surface area contributed by atoms with Crippen LogP contribution < -0.4 is 10.1 Å². The van der Waals surface area contributed by atoms with Gasteiger partial charge in [-0.1, -0.05) is 19.1 Å². The van der Waals surface area contributed by atoms with Crippen LogP contribution in [-0.2, 0) is 6.54 Å². The first kappa shape index (κ1) is 11.5. The molecule has 0 saturated carbocycles. The summed E-state index contributed by atoms with van der Waals surface area (Å²) in [6, 6.07) is 8.13. The Hall–Kier alpha value is -1.97. The molecular weight excluding hydrogens is 214 g/mol. The Balaban J connectivity index is 1.91. The molecule has 1 aromatic heterocycles. The van der Waals surface area contributed by atoms with Crippen molar-refractivity contribution in [2.24, 2.45) is 0 Å². The molecule has 0 aliphatic rings. The number of rotatable bonds is 6. The number of benzene rings is 1. The first-order valence-corrected chi connectivity index (χ1v) is 5.83. The molecule has 1 aromatic carbocycles. The molecule has 0 atom stereocenters. The lowest BCUT2D eigenvalue weighted by Gasteiger charge is -2.07. The number of nitrogens with one attached hydrogen (secondary N) is 2. The summed E-state index contributed by atoms with van der Waals surface area (Å²) in [6.45, 7) is 3.63. The topological polar surface area (TPSA) is 49.9 Å². The molecule has 2 N–H and O–H groups in total. The van der Waals surface area contributed by atoms with Crippen molar-refractivity contribution in [2.75, 3.05) is 11.9 Å². The number of hydrogen-bond acceptors (Lipinski definition) is 3. The predicted octanol–water partition coefficient (Wildman–Crippen LogP) is 2.81. The zero-order valence-electron chi connectivity index (χ0n) is 9.94. The Morgan fingerprint density at radius 1 is 1.41 bits per heavy atom. The number of nitrogens with zero attached hydrogens (tertiary/aromatic N) is 1. The van der Waals surface area contributed by atoms with Gasteiger partial charge in [0.2, 0.25) is 0 Å². The molecule has 17 heavy (non-hydrogen) atoms. The third kappa shape index (κ3) is 3.52. The van der Waals surface area contributed by atoms with Gasteiger partial charge in [-0.3, -0.25) is 5.10 Å². The van der Waals surface area contributed by atoms with Gasteiger partial charge in [0.15, 0.2) is 0 Å². The van der Waals surface area contributed by atoms with Gasteiger partial charge in [-0.05, 0) is 24.1 Å². The lowest BCUT2D eigenvalue weighted by molar-refractivity contribution is 0.317. The van der Waals surface area contributed by atoms with Crippen LogP contribution in [0.1, 0.15) is 18.9 Å². The first-order chi connectivity index (χ1) is 8.38. The highest BCUT2D eigenvalue weighted by Gasteiger charge is 1.97. The maximum absolute atomic E-state index is 5.59. The van der Waals surface area contributed by atoms with Crippen LogP contribution in [0.15, 0.2) is 36.7 Å². The van der Waals surface area contributed by atoms with Gasteiger partial charge in [0, 0.05) is 12.7 Å². The van der Waals surface area contributed by atoms with Crippen molar-refractivity contribution in [1.29, 1.82) is 0 Å². The Kier molecular flexibility index (Phi) is 4.02. The third-order valence-electron chi connectivity index (χ3n) is 2.37. The van der Waals surface area contributed by atoms with Crippen LogP contribution in [0.25, 0.3) is 0 Å². The monoisotopic (exact) mass is 231 g/mol. The maximum atomic E-state index is 5.59. The molecular formula is C13H17N3O. The van der Waals surface area contributed by atoms with Crippen LogP contribution in [0.4, 0.5) is 5.69 Å². The minimum atomic E-state index is 0.763. The molecule has 0 radical (unpaired) electrons. The molecule has 0 fully saturated rings. The van der Waals surface area contributed by atoms with Gasteiger partial charge in [0.1, 0.15) is 5.75 Å². The summed E-state index contributed by atoms with van der Waals surface area (Å²) in [4.78, 5) is 0. The summed E-state index contributed by atoms with van der Waals surface area (Å²) in [7, 11) is 0. The largest absolute Gasteiger partial charge is 0.494 e. The predicted molar refractivity (Wildman–Crippen MR) is 68.1 cm³/mol. The average Bonchev–Trinajstić information content (AvgIpc) is 2.87. The van der Waals surface area contributed by atoms with E-state index >= 15 is 0 Å². The third-order valence-corrected chi connectivity index (χ3v) is 2.37. The molecule has 4 heteroatoms. The average molecular weight is 231 g/mol. The zero-order valence-corrected chi connectivity index (χ0v) is 9.94. The number of aromatic nitrogens is 2. The molecule has 4 nitrogen and oxygen atoms in total. The molecule has 0 saturated heterocycles. The van der Waals surface area contributed by atoms with Crippen molar-refractivity contribution in [3.63, 3.8) is 0 Å². The Labute approximate surface area is 101 Å². The number of hydrogen-bond donors (Lipinski definition) is 2. The van der Waals surface area contributed by atoms with Crippen molar-refractivity contribution in [3.05, 3.63) is 42.2 Å². The van der Waals surface area contributed by atoms with Crippen LogP contribution >= 0.6 is 0 Å². The van der Waals surface area contributed by atoms with E-state index in [1.54, 1.807) is 6.20 Å². The van der Waals surface area contributed by atoms with E-state index < -0.39 is 0 Å². The summed E-state index contributed by atoms with van der Waals surface area (Å²) in [5.41, 5.74) is 2.18. The highest BCUT2D eigenvalue weighted by molar-refractivity contribution is 5.39. The summed E-state index contributed by atoms with van der Waals surface area (Å²) in [5, 5.41) is 9.92. The lowest BCUT2D eigenvalue weighted by atomic mass is 10.2. The fourth-order valence-electron chi connectivity index (χ4n) is 1.52. The van der Waals surface area contributed by atoms with Crippen LogP contribution in [0.2, 0.25) is 0 Å². The van der Waals surface area contributed by atoms with Crippen molar-refractivity contribution in [3.8, 4) is 5.75 Å². The fourth-order valence-corrected chi connectivity index (χ4v) is 1.52. The second kappa shape index (κ2) is 5.94.